The molecule has 0 aromatic heterocycles. The van der Waals surface area contributed by atoms with E-state index >= 15 is 0 Å². The first-order valence-electron chi connectivity index (χ1n) is 11.0. The average Bonchev–Trinajstić information content (AvgIpc) is 3.10. The Bertz CT molecular complexity index is 1340. The highest BCUT2D eigenvalue weighted by atomic mass is 16.5. The van der Waals surface area contributed by atoms with E-state index in [1.165, 1.54) is 23.1 Å². The third kappa shape index (κ3) is 3.55. The second kappa shape index (κ2) is 8.26. The van der Waals surface area contributed by atoms with Gasteiger partial charge in [-0.1, -0.05) is 18.2 Å². The van der Waals surface area contributed by atoms with Crippen LogP contribution in [0.2, 0.25) is 0 Å². The van der Waals surface area contributed by atoms with Crippen molar-refractivity contribution >= 4 is 23.1 Å². The van der Waals surface area contributed by atoms with Crippen molar-refractivity contribution in [2.45, 2.75) is 25.8 Å². The Labute approximate surface area is 196 Å². The lowest BCUT2D eigenvalue weighted by Gasteiger charge is -2.26. The molecule has 3 aromatic rings. The number of aromatic hydroxyl groups is 2. The largest absolute Gasteiger partial charge is 0.508 e. The molecule has 0 spiro atoms. The topological polar surface area (TPSA) is 107 Å². The predicted molar refractivity (Wildman–Crippen MR) is 126 cm³/mol. The van der Waals surface area contributed by atoms with Gasteiger partial charge in [0.1, 0.15) is 23.0 Å². The number of nitrogens with zero attached hydrogens (tertiary/aromatic N) is 1. The zero-order valence-electron chi connectivity index (χ0n) is 18.5. The SMILES string of the molecule is Cc1ccc(O)c(N2C(=O)C(=O)/C(=C(\O)c3ccc4c(c3)CCCO4)C2c2ccc(O)cc2)c1. The lowest BCUT2D eigenvalue weighted by Crippen LogP contribution is -2.29. The zero-order chi connectivity index (χ0) is 24.0. The standard InChI is InChI=1S/C27H23NO6/c1-15-4-10-21(30)20(13-15)28-24(16-5-8-19(29)9-6-16)23(26(32)27(28)33)25(31)18-7-11-22-17(14-18)3-2-12-34-22/h4-11,13-14,24,29-31H,2-3,12H2,1H3/b25-23-. The second-order valence-electron chi connectivity index (χ2n) is 8.53. The molecular weight excluding hydrogens is 434 g/mol. The van der Waals surface area contributed by atoms with Crippen LogP contribution < -0.4 is 9.64 Å². The number of carbonyl (C=O) groups is 2. The molecule has 34 heavy (non-hydrogen) atoms. The number of aryl methyl sites for hydroxylation is 2. The van der Waals surface area contributed by atoms with Crippen LogP contribution >= 0.6 is 0 Å². The molecule has 1 unspecified atom stereocenters. The van der Waals surface area contributed by atoms with Gasteiger partial charge in [-0.3, -0.25) is 14.5 Å². The highest BCUT2D eigenvalue weighted by Gasteiger charge is 2.47. The molecule has 2 heterocycles. The number of aliphatic hydroxyl groups is 1. The number of amides is 1. The van der Waals surface area contributed by atoms with Crippen molar-refractivity contribution < 1.29 is 29.6 Å². The molecule has 1 fully saturated rings. The van der Waals surface area contributed by atoms with Gasteiger partial charge in [-0.05, 0) is 78.9 Å². The molecule has 0 saturated carbocycles. The first kappa shape index (κ1) is 21.6. The number of carbonyl (C=O) groups excluding carboxylic acids is 2. The van der Waals surface area contributed by atoms with Gasteiger partial charge >= 0.3 is 0 Å². The minimum absolute atomic E-state index is 0.0220. The van der Waals surface area contributed by atoms with Crippen molar-refractivity contribution in [3.63, 3.8) is 0 Å². The first-order valence-corrected chi connectivity index (χ1v) is 11.0. The summed E-state index contributed by atoms with van der Waals surface area (Å²) in [6.45, 7) is 2.44. The fraction of sp³-hybridized carbons (Fsp3) is 0.185. The molecule has 3 aromatic carbocycles. The molecule has 2 aliphatic rings. The van der Waals surface area contributed by atoms with Gasteiger partial charge in [0.15, 0.2) is 0 Å². The van der Waals surface area contributed by atoms with E-state index in [-0.39, 0.29) is 28.5 Å². The Balaban J connectivity index is 1.72. The summed E-state index contributed by atoms with van der Waals surface area (Å²) in [5.74, 6) is -1.43. The van der Waals surface area contributed by atoms with Crippen LogP contribution in [-0.4, -0.2) is 33.6 Å². The van der Waals surface area contributed by atoms with E-state index in [4.69, 9.17) is 4.74 Å². The highest BCUT2D eigenvalue weighted by Crippen LogP contribution is 2.45. The Kier molecular flexibility index (Phi) is 5.24. The number of phenolic OH excluding ortho intramolecular Hbond substituents is 2. The van der Waals surface area contributed by atoms with Gasteiger partial charge in [-0.15, -0.1) is 0 Å². The van der Waals surface area contributed by atoms with Gasteiger partial charge in [-0.2, -0.15) is 0 Å². The van der Waals surface area contributed by atoms with Crippen LogP contribution in [0, 0.1) is 6.92 Å². The normalized spacial score (nSPS) is 19.1. The molecular formula is C27H23NO6. The number of fused-ring (bicyclic) bond motifs is 1. The van der Waals surface area contributed by atoms with E-state index in [0.717, 1.165) is 29.7 Å². The summed E-state index contributed by atoms with van der Waals surface area (Å²) >= 11 is 0. The Morgan fingerprint density at radius 2 is 1.76 bits per heavy atom. The minimum atomic E-state index is -0.999. The molecule has 172 valence electrons. The van der Waals surface area contributed by atoms with Crippen molar-refractivity contribution in [1.82, 2.24) is 0 Å². The molecule has 7 heteroatoms. The minimum Gasteiger partial charge on any atom is -0.508 e. The monoisotopic (exact) mass is 457 g/mol. The number of ether oxygens (including phenoxy) is 1. The van der Waals surface area contributed by atoms with E-state index in [1.54, 1.807) is 42.5 Å². The summed E-state index contributed by atoms with van der Waals surface area (Å²) in [6.07, 6.45) is 1.63. The second-order valence-corrected chi connectivity index (χ2v) is 8.53. The fourth-order valence-electron chi connectivity index (χ4n) is 4.54. The number of hydrogen-bond donors (Lipinski definition) is 3. The van der Waals surface area contributed by atoms with Gasteiger partial charge in [-0.25, -0.2) is 0 Å². The summed E-state index contributed by atoms with van der Waals surface area (Å²) < 4.78 is 5.64. The van der Waals surface area contributed by atoms with Crippen LogP contribution in [-0.2, 0) is 16.0 Å². The maximum Gasteiger partial charge on any atom is 0.300 e. The number of aliphatic hydroxyl groups excluding tert-OH is 1. The zero-order valence-corrected chi connectivity index (χ0v) is 18.5. The summed E-state index contributed by atoms with van der Waals surface area (Å²) in [4.78, 5) is 27.7. The van der Waals surface area contributed by atoms with E-state index < -0.39 is 17.7 Å². The van der Waals surface area contributed by atoms with Crippen LogP contribution in [0.4, 0.5) is 5.69 Å². The van der Waals surface area contributed by atoms with Crippen molar-refractivity contribution in [1.29, 1.82) is 0 Å². The van der Waals surface area contributed by atoms with Crippen molar-refractivity contribution in [2.24, 2.45) is 0 Å². The van der Waals surface area contributed by atoms with Crippen LogP contribution in [0.15, 0.2) is 66.2 Å². The van der Waals surface area contributed by atoms with Gasteiger partial charge in [0.25, 0.3) is 11.7 Å². The smallest absolute Gasteiger partial charge is 0.300 e. The lowest BCUT2D eigenvalue weighted by atomic mass is 9.93. The first-order chi connectivity index (χ1) is 16.3. The van der Waals surface area contributed by atoms with E-state index in [2.05, 4.69) is 0 Å². The summed E-state index contributed by atoms with van der Waals surface area (Å²) in [7, 11) is 0. The number of rotatable bonds is 3. The number of benzene rings is 3. The molecule has 1 saturated heterocycles. The van der Waals surface area contributed by atoms with E-state index in [1.807, 2.05) is 6.92 Å². The van der Waals surface area contributed by atoms with Gasteiger partial charge in [0.05, 0.1) is 23.9 Å². The quantitative estimate of drug-likeness (QED) is 0.307. The number of hydrogen-bond acceptors (Lipinski definition) is 6. The van der Waals surface area contributed by atoms with Gasteiger partial charge < -0.3 is 20.1 Å². The van der Waals surface area contributed by atoms with Crippen LogP contribution in [0.3, 0.4) is 0 Å². The predicted octanol–water partition coefficient (Wildman–Crippen LogP) is 4.36. The van der Waals surface area contributed by atoms with Crippen molar-refractivity contribution in [3.8, 4) is 17.2 Å². The molecule has 0 radical (unpaired) electrons. The number of anilines is 1. The molecule has 2 aliphatic heterocycles. The summed E-state index contributed by atoms with van der Waals surface area (Å²) in [6, 6.07) is 15.0. The van der Waals surface area contributed by atoms with E-state index in [9.17, 15) is 24.9 Å². The van der Waals surface area contributed by atoms with Crippen LogP contribution in [0.5, 0.6) is 17.2 Å². The van der Waals surface area contributed by atoms with E-state index in [0.29, 0.717) is 17.7 Å². The third-order valence-corrected chi connectivity index (χ3v) is 6.23. The number of Topliss-reactive ketones (excluding diaryl/α,β-unsaturated/α-hetero) is 1. The number of ketones is 1. The molecule has 1 amide bonds. The Morgan fingerprint density at radius 3 is 2.53 bits per heavy atom. The van der Waals surface area contributed by atoms with Crippen LogP contribution in [0.1, 0.15) is 34.7 Å². The summed E-state index contributed by atoms with van der Waals surface area (Å²) in [5.41, 5.74) is 2.68. The Morgan fingerprint density at radius 1 is 1.00 bits per heavy atom. The highest BCUT2D eigenvalue weighted by molar-refractivity contribution is 6.52. The maximum absolute atomic E-state index is 13.3. The molecule has 5 rings (SSSR count). The fourth-order valence-corrected chi connectivity index (χ4v) is 4.54. The number of phenols is 2. The van der Waals surface area contributed by atoms with Gasteiger partial charge in [0.2, 0.25) is 0 Å². The molecule has 1 atom stereocenters. The Hall–Kier alpha value is -4.26. The third-order valence-electron chi connectivity index (χ3n) is 6.23. The molecule has 0 bridgehead atoms. The molecule has 7 nitrogen and oxygen atoms in total. The summed E-state index contributed by atoms with van der Waals surface area (Å²) in [5, 5.41) is 31.6. The molecule has 0 aliphatic carbocycles. The van der Waals surface area contributed by atoms with Crippen molar-refractivity contribution in [2.75, 3.05) is 11.5 Å². The lowest BCUT2D eigenvalue weighted by molar-refractivity contribution is -0.132. The van der Waals surface area contributed by atoms with Crippen molar-refractivity contribution in [3.05, 3.63) is 88.5 Å². The van der Waals surface area contributed by atoms with Gasteiger partial charge in [0, 0.05) is 5.56 Å². The molecule has 3 N–H and O–H groups in total. The average molecular weight is 457 g/mol. The maximum atomic E-state index is 13.3. The van der Waals surface area contributed by atoms with Crippen LogP contribution in [0.25, 0.3) is 5.76 Å².